The number of alkyl halides is 5. The highest BCUT2D eigenvalue weighted by Crippen LogP contribution is 2.34. The van der Waals surface area contributed by atoms with Crippen LogP contribution in [0.1, 0.15) is 43.0 Å². The number of pyridine rings is 2. The van der Waals surface area contributed by atoms with E-state index < -0.39 is 30.0 Å². The predicted octanol–water partition coefficient (Wildman–Crippen LogP) is 5.07. The molecule has 1 aliphatic carbocycles. The largest absolute Gasteiger partial charge is 0.490 e. The number of halogens is 5. The first-order valence-electron chi connectivity index (χ1n) is 11.9. The van der Waals surface area contributed by atoms with Gasteiger partial charge in [-0.2, -0.15) is 13.2 Å². The molecule has 3 aromatic heterocycles. The Labute approximate surface area is 224 Å². The number of nitrogens with one attached hydrogen (secondary N) is 1. The molecule has 1 aliphatic rings. The number of carboxylic acid groups (broad SMARTS) is 1. The molecule has 1 amide bonds. The SMILES string of the molecule is CCOc1cccnc1Oc1cncc(-c2ncc(C(=O)N[C@@H]3CCCCC3(F)F)cn2)c1.O=C(O)C(F)(F)F. The van der Waals surface area contributed by atoms with Gasteiger partial charge < -0.3 is 19.9 Å². The summed E-state index contributed by atoms with van der Waals surface area (Å²) in [7, 11) is 0. The van der Waals surface area contributed by atoms with Crippen molar-refractivity contribution in [2.75, 3.05) is 6.61 Å². The molecule has 3 aromatic rings. The average molecular weight is 569 g/mol. The zero-order chi connectivity index (χ0) is 29.3. The third-order valence-electron chi connectivity index (χ3n) is 5.45. The number of rotatable bonds is 7. The molecular formula is C25H24F5N5O5. The minimum atomic E-state index is -5.08. The fraction of sp³-hybridized carbons (Fsp3) is 0.360. The molecule has 0 aliphatic heterocycles. The van der Waals surface area contributed by atoms with Crippen LogP contribution < -0.4 is 14.8 Å². The number of amides is 1. The van der Waals surface area contributed by atoms with Gasteiger partial charge in [0.05, 0.1) is 24.4 Å². The normalized spacial score (nSPS) is 16.2. The van der Waals surface area contributed by atoms with E-state index in [1.165, 1.54) is 18.6 Å². The highest BCUT2D eigenvalue weighted by atomic mass is 19.4. The second-order valence-corrected chi connectivity index (χ2v) is 8.38. The molecule has 4 rings (SSSR count). The van der Waals surface area contributed by atoms with E-state index in [-0.39, 0.29) is 18.4 Å². The van der Waals surface area contributed by atoms with Gasteiger partial charge in [-0.25, -0.2) is 28.5 Å². The van der Waals surface area contributed by atoms with E-state index in [0.29, 0.717) is 48.2 Å². The third kappa shape index (κ3) is 8.28. The van der Waals surface area contributed by atoms with Crippen LogP contribution in [0.25, 0.3) is 11.4 Å². The van der Waals surface area contributed by atoms with Crippen LogP contribution in [0.5, 0.6) is 17.4 Å². The van der Waals surface area contributed by atoms with Crippen LogP contribution in [0.4, 0.5) is 22.0 Å². The fourth-order valence-corrected chi connectivity index (χ4v) is 3.53. The number of aliphatic carboxylic acids is 1. The maximum absolute atomic E-state index is 14.0. The van der Waals surface area contributed by atoms with Crippen LogP contribution in [0.2, 0.25) is 0 Å². The summed E-state index contributed by atoms with van der Waals surface area (Å²) in [6, 6.07) is 3.99. The number of ether oxygens (including phenoxy) is 2. The molecule has 10 nitrogen and oxygen atoms in total. The maximum atomic E-state index is 14.0. The van der Waals surface area contributed by atoms with Gasteiger partial charge in [0.15, 0.2) is 11.6 Å². The first-order valence-corrected chi connectivity index (χ1v) is 11.9. The summed E-state index contributed by atoms with van der Waals surface area (Å²) >= 11 is 0. The number of aromatic nitrogens is 4. The Balaban J connectivity index is 0.000000559. The quantitative estimate of drug-likeness (QED) is 0.374. The van der Waals surface area contributed by atoms with Crippen molar-refractivity contribution < 1.29 is 46.1 Å². The molecule has 0 aromatic carbocycles. The van der Waals surface area contributed by atoms with E-state index in [1.54, 1.807) is 30.6 Å². The van der Waals surface area contributed by atoms with Crippen LogP contribution >= 0.6 is 0 Å². The number of hydrogen-bond donors (Lipinski definition) is 2. The number of hydrogen-bond acceptors (Lipinski definition) is 8. The number of carbonyl (C=O) groups is 2. The number of carbonyl (C=O) groups excluding carboxylic acids is 1. The van der Waals surface area contributed by atoms with Gasteiger partial charge in [-0.1, -0.05) is 6.42 Å². The minimum absolute atomic E-state index is 0.107. The minimum Gasteiger partial charge on any atom is -0.488 e. The van der Waals surface area contributed by atoms with Crippen LogP contribution in [-0.4, -0.2) is 61.7 Å². The molecule has 214 valence electrons. The van der Waals surface area contributed by atoms with Crippen molar-refractivity contribution in [2.45, 2.75) is 50.7 Å². The molecule has 1 saturated carbocycles. The molecule has 2 N–H and O–H groups in total. The lowest BCUT2D eigenvalue weighted by molar-refractivity contribution is -0.192. The Kier molecular flexibility index (Phi) is 9.85. The molecular weight excluding hydrogens is 545 g/mol. The van der Waals surface area contributed by atoms with Gasteiger partial charge in [0.1, 0.15) is 5.75 Å². The molecule has 40 heavy (non-hydrogen) atoms. The van der Waals surface area contributed by atoms with Crippen molar-refractivity contribution in [3.8, 4) is 28.8 Å². The van der Waals surface area contributed by atoms with Crippen molar-refractivity contribution in [3.63, 3.8) is 0 Å². The lowest BCUT2D eigenvalue weighted by Gasteiger charge is -2.31. The fourth-order valence-electron chi connectivity index (χ4n) is 3.53. The van der Waals surface area contributed by atoms with Crippen molar-refractivity contribution >= 4 is 11.9 Å². The highest BCUT2D eigenvalue weighted by molar-refractivity contribution is 5.94. The first-order chi connectivity index (χ1) is 18.9. The molecule has 1 atom stereocenters. The molecule has 0 unspecified atom stereocenters. The van der Waals surface area contributed by atoms with Crippen molar-refractivity contribution in [1.82, 2.24) is 25.3 Å². The molecule has 0 spiro atoms. The Hall–Kier alpha value is -4.43. The van der Waals surface area contributed by atoms with Gasteiger partial charge in [0.2, 0.25) is 0 Å². The maximum Gasteiger partial charge on any atom is 0.490 e. The number of nitrogens with zero attached hydrogens (tertiary/aromatic N) is 4. The third-order valence-corrected chi connectivity index (χ3v) is 5.45. The van der Waals surface area contributed by atoms with Gasteiger partial charge in [0, 0.05) is 36.8 Å². The van der Waals surface area contributed by atoms with E-state index in [9.17, 15) is 26.7 Å². The summed E-state index contributed by atoms with van der Waals surface area (Å²) in [6.07, 6.45) is 3.32. The van der Waals surface area contributed by atoms with Crippen molar-refractivity contribution in [3.05, 3.63) is 54.7 Å². The Morgan fingerprint density at radius 1 is 1.12 bits per heavy atom. The van der Waals surface area contributed by atoms with Crippen LogP contribution in [0, 0.1) is 0 Å². The lowest BCUT2D eigenvalue weighted by Crippen LogP contribution is -2.49. The average Bonchev–Trinajstić information content (AvgIpc) is 2.91. The summed E-state index contributed by atoms with van der Waals surface area (Å²) in [4.78, 5) is 38.0. The summed E-state index contributed by atoms with van der Waals surface area (Å²) in [5.74, 6) is -4.78. The second kappa shape index (κ2) is 13.1. The van der Waals surface area contributed by atoms with Gasteiger partial charge in [-0.3, -0.25) is 9.78 Å². The Morgan fingerprint density at radius 2 is 1.82 bits per heavy atom. The van der Waals surface area contributed by atoms with Crippen molar-refractivity contribution in [1.29, 1.82) is 0 Å². The topological polar surface area (TPSA) is 136 Å². The molecule has 3 heterocycles. The van der Waals surface area contributed by atoms with E-state index in [4.69, 9.17) is 19.4 Å². The highest BCUT2D eigenvalue weighted by Gasteiger charge is 2.42. The van der Waals surface area contributed by atoms with E-state index in [2.05, 4.69) is 25.3 Å². The molecule has 0 bridgehead atoms. The predicted molar refractivity (Wildman–Crippen MR) is 129 cm³/mol. The zero-order valence-electron chi connectivity index (χ0n) is 21.0. The lowest BCUT2D eigenvalue weighted by atomic mass is 9.91. The smallest absolute Gasteiger partial charge is 0.488 e. The molecule has 0 saturated heterocycles. The Bertz CT molecular complexity index is 1310. The molecule has 0 radical (unpaired) electrons. The summed E-state index contributed by atoms with van der Waals surface area (Å²) in [5.41, 5.74) is 0.655. The first kappa shape index (κ1) is 30.1. The zero-order valence-corrected chi connectivity index (χ0v) is 21.0. The summed E-state index contributed by atoms with van der Waals surface area (Å²) in [6.45, 7) is 2.33. The summed E-state index contributed by atoms with van der Waals surface area (Å²) < 4.78 is 71.1. The molecule has 1 fully saturated rings. The van der Waals surface area contributed by atoms with Crippen molar-refractivity contribution in [2.24, 2.45) is 0 Å². The van der Waals surface area contributed by atoms with Crippen LogP contribution in [0.3, 0.4) is 0 Å². The van der Waals surface area contributed by atoms with Gasteiger partial charge in [-0.05, 0) is 38.0 Å². The second-order valence-electron chi connectivity index (χ2n) is 8.38. The molecule has 15 heteroatoms. The van der Waals surface area contributed by atoms with Gasteiger partial charge in [-0.15, -0.1) is 0 Å². The van der Waals surface area contributed by atoms with Crippen LogP contribution in [-0.2, 0) is 4.79 Å². The monoisotopic (exact) mass is 569 g/mol. The standard InChI is InChI=1S/C23H23F2N5O3.C2HF3O2/c1-2-32-18-6-5-9-27-22(18)33-17-10-15(11-26-14-17)20-28-12-16(13-29-20)21(31)30-19-7-3-4-8-23(19,24)25;3-2(4,5)1(6)7/h5-6,9-14,19H,2-4,7-8H2,1H3,(H,30,31);(H,6,7)/t19-;/m1./s1. The van der Waals surface area contributed by atoms with E-state index in [1.807, 2.05) is 6.92 Å². The van der Waals surface area contributed by atoms with Gasteiger partial charge in [0.25, 0.3) is 17.7 Å². The number of carboxylic acids is 1. The van der Waals surface area contributed by atoms with Gasteiger partial charge >= 0.3 is 12.1 Å². The summed E-state index contributed by atoms with van der Waals surface area (Å²) in [5, 5.41) is 9.54. The Morgan fingerprint density at radius 3 is 2.45 bits per heavy atom. The van der Waals surface area contributed by atoms with E-state index >= 15 is 0 Å². The van der Waals surface area contributed by atoms with E-state index in [0.717, 1.165) is 0 Å². The van der Waals surface area contributed by atoms with Crippen LogP contribution in [0.15, 0.2) is 49.2 Å².